The van der Waals surface area contributed by atoms with Gasteiger partial charge in [-0.1, -0.05) is 89.9 Å². The van der Waals surface area contributed by atoms with E-state index in [2.05, 4.69) is 12.6 Å². The molecule has 0 unspecified atom stereocenters. The van der Waals surface area contributed by atoms with Gasteiger partial charge >= 0.3 is 18.9 Å². The monoisotopic (exact) mass is 336 g/mol. The molecule has 0 bridgehead atoms. The first-order valence-electron chi connectivity index (χ1n) is 9.58. The maximum atomic E-state index is 10.2. The van der Waals surface area contributed by atoms with Crippen molar-refractivity contribution in [3.63, 3.8) is 0 Å². The number of carboxylic acid groups (broad SMARTS) is 1. The van der Waals surface area contributed by atoms with Gasteiger partial charge in [-0.15, -0.1) is 0 Å². The van der Waals surface area contributed by atoms with Gasteiger partial charge in [-0.2, -0.15) is 12.6 Å². The van der Waals surface area contributed by atoms with Crippen molar-refractivity contribution in [3.8, 4) is 0 Å². The summed E-state index contributed by atoms with van der Waals surface area (Å²) >= 11 is 4.23. The molecule has 132 valence electrons. The summed E-state index contributed by atoms with van der Waals surface area (Å²) in [6, 6.07) is 0. The van der Waals surface area contributed by atoms with E-state index in [9.17, 15) is 9.90 Å². The fourth-order valence-electron chi connectivity index (χ4n) is 2.86. The zero-order chi connectivity index (χ0) is 16.3. The summed E-state index contributed by atoms with van der Waals surface area (Å²) in [4.78, 5) is 10.2. The van der Waals surface area contributed by atoms with Crippen LogP contribution in [-0.2, 0) is 4.79 Å². The fourth-order valence-corrected chi connectivity index (χ4v) is 3.08. The molecule has 0 saturated carbocycles. The molecule has 2 nitrogen and oxygen atoms in total. The molecule has 0 saturated heterocycles. The smallest absolute Gasteiger partial charge is 0.550 e. The van der Waals surface area contributed by atoms with Gasteiger partial charge in [0, 0.05) is 5.97 Å². The second-order valence-corrected chi connectivity index (χ2v) is 6.95. The third kappa shape index (κ3) is 24.8. The number of hydrogen-bond donors (Lipinski definition) is 1. The molecule has 0 aromatic carbocycles. The minimum Gasteiger partial charge on any atom is -0.550 e. The SMILES string of the molecule is O=C([O-])CCCCCCCCCCCCCCCCCCS.[Li+]. The van der Waals surface area contributed by atoms with E-state index in [0.29, 0.717) is 0 Å². The molecule has 0 aromatic heterocycles. The van der Waals surface area contributed by atoms with Crippen molar-refractivity contribution in [2.75, 3.05) is 5.75 Å². The van der Waals surface area contributed by atoms with Crippen molar-refractivity contribution in [2.24, 2.45) is 0 Å². The van der Waals surface area contributed by atoms with Crippen LogP contribution in [0.25, 0.3) is 0 Å². The van der Waals surface area contributed by atoms with Crippen LogP contribution in [0.4, 0.5) is 0 Å². The Balaban J connectivity index is 0. The summed E-state index contributed by atoms with van der Waals surface area (Å²) in [5.41, 5.74) is 0. The minimum atomic E-state index is -0.905. The average molecular weight is 337 g/mol. The predicted molar refractivity (Wildman–Crippen MR) is 97.3 cm³/mol. The summed E-state index contributed by atoms with van der Waals surface area (Å²) in [5, 5.41) is 10.2. The molecule has 23 heavy (non-hydrogen) atoms. The summed E-state index contributed by atoms with van der Waals surface area (Å²) in [6.45, 7) is 0. The van der Waals surface area contributed by atoms with Crippen molar-refractivity contribution in [2.45, 2.75) is 109 Å². The van der Waals surface area contributed by atoms with Gasteiger partial charge in [-0.25, -0.2) is 0 Å². The predicted octanol–water partition coefficient (Wildman–Crippen LogP) is 2.30. The molecule has 0 amide bonds. The number of unbranched alkanes of at least 4 members (excludes halogenated alkanes) is 15. The van der Waals surface area contributed by atoms with Crippen LogP contribution in [-0.4, -0.2) is 11.7 Å². The summed E-state index contributed by atoms with van der Waals surface area (Å²) in [5.74, 6) is 0.137. The molecule has 0 aliphatic carbocycles. The maximum absolute atomic E-state index is 10.2. The summed E-state index contributed by atoms with van der Waals surface area (Å²) < 4.78 is 0. The molecule has 0 N–H and O–H groups in total. The van der Waals surface area contributed by atoms with E-state index in [1.165, 1.54) is 89.9 Å². The van der Waals surface area contributed by atoms with Gasteiger partial charge in [0.2, 0.25) is 0 Å². The first-order chi connectivity index (χ1) is 10.8. The van der Waals surface area contributed by atoms with Crippen LogP contribution in [0.15, 0.2) is 0 Å². The Morgan fingerprint density at radius 2 is 0.826 bits per heavy atom. The Hall–Kier alpha value is 0.417. The number of carbonyl (C=O) groups excluding carboxylic acids is 1. The zero-order valence-electron chi connectivity index (χ0n) is 15.5. The molecule has 0 aliphatic heterocycles. The largest absolute Gasteiger partial charge is 1.00 e. The third-order valence-corrected chi connectivity index (χ3v) is 4.61. The molecular weight excluding hydrogens is 299 g/mol. The van der Waals surface area contributed by atoms with Crippen LogP contribution < -0.4 is 24.0 Å². The van der Waals surface area contributed by atoms with Gasteiger partial charge in [0.15, 0.2) is 0 Å². The Labute approximate surface area is 162 Å². The van der Waals surface area contributed by atoms with Crippen molar-refractivity contribution < 1.29 is 28.8 Å². The molecule has 0 atom stereocenters. The second kappa shape index (κ2) is 22.4. The second-order valence-electron chi connectivity index (χ2n) is 6.50. The van der Waals surface area contributed by atoms with E-state index in [1.807, 2.05) is 0 Å². The van der Waals surface area contributed by atoms with Gasteiger partial charge in [0.05, 0.1) is 0 Å². The van der Waals surface area contributed by atoms with E-state index in [4.69, 9.17) is 0 Å². The van der Waals surface area contributed by atoms with Gasteiger partial charge in [0.1, 0.15) is 0 Å². The molecule has 0 spiro atoms. The van der Waals surface area contributed by atoms with E-state index >= 15 is 0 Å². The van der Waals surface area contributed by atoms with Crippen LogP contribution >= 0.6 is 12.6 Å². The Morgan fingerprint density at radius 1 is 0.565 bits per heavy atom. The van der Waals surface area contributed by atoms with Crippen LogP contribution in [0.3, 0.4) is 0 Å². The normalized spacial score (nSPS) is 10.5. The number of thiol groups is 1. The number of hydrogen-bond acceptors (Lipinski definition) is 3. The molecule has 0 rings (SSSR count). The van der Waals surface area contributed by atoms with E-state index in [1.54, 1.807) is 0 Å². The Bertz CT molecular complexity index is 237. The van der Waals surface area contributed by atoms with E-state index < -0.39 is 5.97 Å². The van der Waals surface area contributed by atoms with Gasteiger partial charge in [0.25, 0.3) is 0 Å². The van der Waals surface area contributed by atoms with Crippen molar-refractivity contribution in [3.05, 3.63) is 0 Å². The summed E-state index contributed by atoms with van der Waals surface area (Å²) in [6.07, 6.45) is 21.0. The molecule has 0 fully saturated rings. The van der Waals surface area contributed by atoms with Crippen molar-refractivity contribution in [1.82, 2.24) is 0 Å². The third-order valence-electron chi connectivity index (χ3n) is 4.29. The molecule has 4 heteroatoms. The Kier molecular flexibility index (Phi) is 25.0. The molecular formula is C19H37LiO2S. The Morgan fingerprint density at radius 3 is 1.09 bits per heavy atom. The van der Waals surface area contributed by atoms with Gasteiger partial charge in [-0.05, 0) is 25.0 Å². The quantitative estimate of drug-likeness (QED) is 0.237. The van der Waals surface area contributed by atoms with Crippen LogP contribution in [0.5, 0.6) is 0 Å². The summed E-state index contributed by atoms with van der Waals surface area (Å²) in [7, 11) is 0. The number of carbonyl (C=O) groups is 1. The molecule has 0 heterocycles. The molecule has 0 aliphatic rings. The first kappa shape index (κ1) is 25.7. The van der Waals surface area contributed by atoms with E-state index in [0.717, 1.165) is 18.6 Å². The fraction of sp³-hybridized carbons (Fsp3) is 0.947. The van der Waals surface area contributed by atoms with Crippen LogP contribution in [0.2, 0.25) is 0 Å². The molecule has 0 aromatic rings. The van der Waals surface area contributed by atoms with Crippen LogP contribution in [0, 0.1) is 0 Å². The maximum Gasteiger partial charge on any atom is 1.00 e. The number of aliphatic carboxylic acids is 1. The van der Waals surface area contributed by atoms with Crippen LogP contribution in [0.1, 0.15) is 109 Å². The zero-order valence-corrected chi connectivity index (χ0v) is 16.4. The number of rotatable bonds is 18. The van der Waals surface area contributed by atoms with E-state index in [-0.39, 0.29) is 25.3 Å². The van der Waals surface area contributed by atoms with Gasteiger partial charge in [-0.3, -0.25) is 0 Å². The molecule has 0 radical (unpaired) electrons. The topological polar surface area (TPSA) is 40.1 Å². The number of carboxylic acids is 1. The standard InChI is InChI=1S/C19H38O2S.Li/c20-19(21)17-15-13-11-9-7-5-3-1-2-4-6-8-10-12-14-16-18-22;/h22H,1-18H2,(H,20,21);/q;+1/p-1. The first-order valence-corrected chi connectivity index (χ1v) is 10.2. The average Bonchev–Trinajstić information content (AvgIpc) is 2.50. The minimum absolute atomic E-state index is 0. The van der Waals surface area contributed by atoms with Gasteiger partial charge < -0.3 is 9.90 Å². The van der Waals surface area contributed by atoms with Crippen molar-refractivity contribution in [1.29, 1.82) is 0 Å². The van der Waals surface area contributed by atoms with Crippen molar-refractivity contribution >= 4 is 18.6 Å².